The van der Waals surface area contributed by atoms with Crippen LogP contribution < -0.4 is 16.4 Å². The van der Waals surface area contributed by atoms with E-state index < -0.39 is 90.5 Å². The van der Waals surface area contributed by atoms with Gasteiger partial charge in [-0.15, -0.1) is 0 Å². The van der Waals surface area contributed by atoms with Crippen LogP contribution in [0.2, 0.25) is 0 Å². The molecule has 26 nitrogen and oxygen atoms in total. The molecule has 57 heavy (non-hydrogen) atoms. The monoisotopic (exact) mass is 893 g/mol. The van der Waals surface area contributed by atoms with Crippen molar-refractivity contribution < 1.29 is 90.4 Å². The van der Waals surface area contributed by atoms with Gasteiger partial charge in [-0.05, 0) is 13.0 Å². The van der Waals surface area contributed by atoms with Gasteiger partial charge in [0.05, 0.1) is 26.0 Å². The summed E-state index contributed by atoms with van der Waals surface area (Å²) in [4.78, 5) is 98.0. The highest BCUT2D eigenvalue weighted by atomic mass is 32.2. The molecule has 1 fully saturated rings. The van der Waals surface area contributed by atoms with Crippen molar-refractivity contribution in [3.05, 3.63) is 24.3 Å². The first-order valence-corrected chi connectivity index (χ1v) is 21.8. The van der Waals surface area contributed by atoms with Crippen molar-refractivity contribution in [1.82, 2.24) is 30.2 Å². The summed E-state index contributed by atoms with van der Waals surface area (Å²) in [5.41, 5.74) is 4.56. The molecule has 11 N–H and O–H groups in total. The molecule has 2 aromatic heterocycles. The van der Waals surface area contributed by atoms with Crippen molar-refractivity contribution in [3.8, 4) is 0 Å². The molecule has 30 heteroatoms. The normalized spacial score (nSPS) is 21.7. The van der Waals surface area contributed by atoms with Crippen LogP contribution in [0.25, 0.3) is 11.2 Å². The molecule has 0 radical (unpaired) electrons. The number of aromatic nitrogens is 4. The first-order chi connectivity index (χ1) is 26.3. The van der Waals surface area contributed by atoms with Gasteiger partial charge < -0.3 is 56.0 Å². The zero-order valence-corrected chi connectivity index (χ0v) is 33.7. The quantitative estimate of drug-likeness (QED) is 0.0388. The number of hydrogen-bond donors (Lipinski definition) is 10. The van der Waals surface area contributed by atoms with Gasteiger partial charge in [0, 0.05) is 30.7 Å². The summed E-state index contributed by atoms with van der Waals surface area (Å²) >= 11 is 0.856. The van der Waals surface area contributed by atoms with Crippen molar-refractivity contribution in [2.75, 3.05) is 37.8 Å². The van der Waals surface area contributed by atoms with Gasteiger partial charge in [-0.3, -0.25) is 37.3 Å². The molecular weight excluding hydrogens is 851 g/mol. The molecule has 3 heterocycles. The number of nitrogens with zero attached hydrogens (tertiary/aromatic N) is 4. The Morgan fingerprint density at radius 2 is 1.74 bits per heavy atom. The predicted molar refractivity (Wildman–Crippen MR) is 193 cm³/mol. The SMILES string of the molecule is CC(=CC(=O)SCCNC(=O)CCNC(=O)C(O)C(C)(C)COP(=O)(O)OP(=O)(O)OCC1OC(n2cnc3c(N)ncnc32)C(O)C1OP(=O)(O)O)CC(=O)O. The number of fused-ring (bicyclic) bond motifs is 1. The smallest absolute Gasteiger partial charge is 0.481 e. The number of phosphoric ester groups is 3. The number of hydrogen-bond acceptors (Lipinski definition) is 19. The number of aliphatic carboxylic acids is 1. The number of aliphatic hydroxyl groups excluding tert-OH is 2. The molecule has 2 aromatic rings. The van der Waals surface area contributed by atoms with Crippen LogP contribution >= 0.6 is 35.2 Å². The number of phosphoric acid groups is 3. The molecule has 1 aliphatic heterocycles. The van der Waals surface area contributed by atoms with Crippen molar-refractivity contribution in [2.45, 2.75) is 64.3 Å². The van der Waals surface area contributed by atoms with Crippen LogP contribution in [0.4, 0.5) is 5.82 Å². The fourth-order valence-corrected chi connectivity index (χ4v) is 8.33. The maximum Gasteiger partial charge on any atom is 0.481 e. The third kappa shape index (κ3) is 15.1. The predicted octanol–water partition coefficient (Wildman–Crippen LogP) is -0.914. The lowest BCUT2D eigenvalue weighted by Crippen LogP contribution is -2.46. The van der Waals surface area contributed by atoms with Crippen molar-refractivity contribution in [3.63, 3.8) is 0 Å². The number of nitrogens with one attached hydrogen (secondary N) is 2. The third-order valence-corrected chi connectivity index (χ3v) is 11.5. The van der Waals surface area contributed by atoms with Crippen molar-refractivity contribution in [1.29, 1.82) is 0 Å². The molecule has 0 spiro atoms. The third-order valence-electron chi connectivity index (χ3n) is 7.54. The number of carboxylic acids is 1. The standard InChI is InChI=1S/C27H42N7O19P3S/c1-14(8-17(36)37)9-18(38)57-7-6-29-16(35)4-5-30-25(41)22(40)27(2,3)11-50-56(47,48)53-55(45,46)49-10-15-21(52-54(42,43)44)20(39)26(51-15)34-13-33-19-23(28)31-12-32-24(19)34/h9,12-13,15,20-22,26,39-40H,4-8,10-11H2,1-3H3,(H,29,35)(H,30,41)(H,36,37)(H,45,46)(H,47,48)(H2,28,31,32)(H2,42,43,44). The molecule has 2 amide bonds. The Hall–Kier alpha value is -3.23. The first-order valence-electron chi connectivity index (χ1n) is 16.3. The van der Waals surface area contributed by atoms with Gasteiger partial charge in [-0.25, -0.2) is 28.6 Å². The van der Waals surface area contributed by atoms with Crippen molar-refractivity contribution >= 4 is 75.1 Å². The maximum atomic E-state index is 12.7. The second-order valence-corrected chi connectivity index (χ2v) is 18.1. The number of nitrogen functional groups attached to an aromatic ring is 1. The van der Waals surface area contributed by atoms with Crippen LogP contribution in [0, 0.1) is 5.41 Å². The van der Waals surface area contributed by atoms with Crippen LogP contribution in [0.3, 0.4) is 0 Å². The van der Waals surface area contributed by atoms with E-state index in [0.29, 0.717) is 5.57 Å². The van der Waals surface area contributed by atoms with Gasteiger partial charge >= 0.3 is 29.4 Å². The number of carboxylic acid groups (broad SMARTS) is 1. The summed E-state index contributed by atoms with van der Waals surface area (Å²) in [5, 5.41) is 34.6. The topological polar surface area (TPSA) is 401 Å². The van der Waals surface area contributed by atoms with E-state index >= 15 is 0 Å². The lowest BCUT2D eigenvalue weighted by Gasteiger charge is -2.30. The van der Waals surface area contributed by atoms with E-state index in [0.717, 1.165) is 29.0 Å². The largest absolute Gasteiger partial charge is 0.481 e. The molecule has 1 aliphatic rings. The minimum Gasteiger partial charge on any atom is -0.481 e. The summed E-state index contributed by atoms with van der Waals surface area (Å²) in [7, 11) is -16.4. The molecule has 320 valence electrons. The number of carbonyl (C=O) groups is 4. The lowest BCUT2D eigenvalue weighted by molar-refractivity contribution is -0.137. The van der Waals surface area contributed by atoms with Gasteiger partial charge in [-0.2, -0.15) is 4.31 Å². The Balaban J connectivity index is 1.48. The highest BCUT2D eigenvalue weighted by Crippen LogP contribution is 2.61. The van der Waals surface area contributed by atoms with E-state index in [1.54, 1.807) is 0 Å². The number of nitrogens with two attached hydrogens (primary N) is 1. The number of ether oxygens (including phenoxy) is 1. The average Bonchev–Trinajstić information content (AvgIpc) is 3.64. The number of aliphatic hydroxyl groups is 2. The van der Waals surface area contributed by atoms with E-state index in [1.807, 2.05) is 0 Å². The van der Waals surface area contributed by atoms with Crippen LogP contribution in [-0.4, -0.2) is 134 Å². The maximum absolute atomic E-state index is 12.7. The number of amides is 2. The van der Waals surface area contributed by atoms with E-state index in [1.165, 1.54) is 26.8 Å². The Bertz CT molecular complexity index is 1960. The summed E-state index contributed by atoms with van der Waals surface area (Å²) in [5.74, 6) is -2.48. The number of imidazole rings is 1. The molecule has 7 unspecified atom stereocenters. The molecule has 7 atom stereocenters. The Labute approximate surface area is 327 Å². The Kier molecular flexibility index (Phi) is 17.0. The van der Waals surface area contributed by atoms with Gasteiger partial charge in [-0.1, -0.05) is 31.2 Å². The van der Waals surface area contributed by atoms with E-state index in [-0.39, 0.29) is 53.8 Å². The van der Waals surface area contributed by atoms with E-state index in [4.69, 9.17) is 24.6 Å². The van der Waals surface area contributed by atoms with E-state index in [9.17, 15) is 62.7 Å². The molecule has 0 bridgehead atoms. The van der Waals surface area contributed by atoms with Crippen LogP contribution in [-0.2, 0) is 55.5 Å². The van der Waals surface area contributed by atoms with Crippen LogP contribution in [0.15, 0.2) is 24.3 Å². The highest BCUT2D eigenvalue weighted by Gasteiger charge is 2.50. The second-order valence-electron chi connectivity index (χ2n) is 12.8. The van der Waals surface area contributed by atoms with Crippen LogP contribution in [0.5, 0.6) is 0 Å². The van der Waals surface area contributed by atoms with Gasteiger partial charge in [0.2, 0.25) is 16.9 Å². The first kappa shape index (κ1) is 48.1. The molecule has 0 aromatic carbocycles. The number of thioether (sulfide) groups is 1. The molecule has 3 rings (SSSR count). The Morgan fingerprint density at radius 1 is 1.07 bits per heavy atom. The zero-order chi connectivity index (χ0) is 42.9. The average molecular weight is 894 g/mol. The molecule has 0 saturated carbocycles. The summed E-state index contributed by atoms with van der Waals surface area (Å²) < 4.78 is 62.0. The minimum atomic E-state index is -5.59. The number of carbonyl (C=O) groups excluding carboxylic acids is 3. The number of anilines is 1. The van der Waals surface area contributed by atoms with Crippen LogP contribution in [0.1, 0.15) is 39.8 Å². The van der Waals surface area contributed by atoms with Crippen molar-refractivity contribution in [2.24, 2.45) is 5.41 Å². The second kappa shape index (κ2) is 20.2. The lowest BCUT2D eigenvalue weighted by atomic mass is 9.87. The molecular formula is C27H42N7O19P3S. The zero-order valence-electron chi connectivity index (χ0n) is 30.2. The fraction of sp³-hybridized carbons (Fsp3) is 0.593. The summed E-state index contributed by atoms with van der Waals surface area (Å²) in [6.07, 6.45) is -6.20. The summed E-state index contributed by atoms with van der Waals surface area (Å²) in [6, 6.07) is 0. The van der Waals surface area contributed by atoms with Gasteiger partial charge in [0.25, 0.3) is 0 Å². The Morgan fingerprint density at radius 3 is 2.39 bits per heavy atom. The minimum absolute atomic E-state index is 0.0193. The van der Waals surface area contributed by atoms with Gasteiger partial charge in [0.1, 0.15) is 36.3 Å². The molecule has 0 aliphatic carbocycles. The van der Waals surface area contributed by atoms with E-state index in [2.05, 4.69) is 34.4 Å². The number of rotatable bonds is 22. The van der Waals surface area contributed by atoms with Gasteiger partial charge in [0.15, 0.2) is 17.7 Å². The summed E-state index contributed by atoms with van der Waals surface area (Å²) in [6.45, 7) is 1.70. The fourth-order valence-electron chi connectivity index (χ4n) is 4.81. The molecule has 1 saturated heterocycles. The highest BCUT2D eigenvalue weighted by molar-refractivity contribution is 8.14.